The van der Waals surface area contributed by atoms with Gasteiger partial charge in [-0.3, -0.25) is 0 Å². The number of para-hydroxylation sites is 3. The van der Waals surface area contributed by atoms with Crippen molar-refractivity contribution >= 4 is 28.9 Å². The predicted octanol–water partition coefficient (Wildman–Crippen LogP) is 6.06. The fourth-order valence-electron chi connectivity index (χ4n) is 2.42. The largest absolute Gasteiger partial charge is 0.490 e. The molecule has 0 unspecified atom stereocenters. The van der Waals surface area contributed by atoms with Crippen molar-refractivity contribution in [1.82, 2.24) is 0 Å². The smallest absolute Gasteiger partial charge is 0.142 e. The number of benzene rings is 3. The van der Waals surface area contributed by atoms with Gasteiger partial charge in [0.15, 0.2) is 0 Å². The third-order valence-corrected chi connectivity index (χ3v) is 4.31. The molecule has 26 heavy (non-hydrogen) atoms. The van der Waals surface area contributed by atoms with Gasteiger partial charge >= 0.3 is 0 Å². The minimum absolute atomic E-state index is 0.454. The summed E-state index contributed by atoms with van der Waals surface area (Å²) in [6, 6.07) is 23.0. The van der Waals surface area contributed by atoms with E-state index in [4.69, 9.17) is 32.7 Å². The van der Waals surface area contributed by atoms with Gasteiger partial charge < -0.3 is 14.8 Å². The van der Waals surface area contributed by atoms with Crippen LogP contribution in [0.5, 0.6) is 11.5 Å². The van der Waals surface area contributed by atoms with Gasteiger partial charge in [-0.2, -0.15) is 0 Å². The van der Waals surface area contributed by atoms with Gasteiger partial charge in [-0.25, -0.2) is 0 Å². The first kappa shape index (κ1) is 18.4. The second-order valence-corrected chi connectivity index (χ2v) is 6.44. The first-order valence-electron chi connectivity index (χ1n) is 8.30. The minimum atomic E-state index is 0.454. The summed E-state index contributed by atoms with van der Waals surface area (Å²) in [5.41, 5.74) is 1.87. The van der Waals surface area contributed by atoms with Crippen molar-refractivity contribution in [2.24, 2.45) is 0 Å². The molecule has 0 amide bonds. The quantitative estimate of drug-likeness (QED) is 0.476. The molecule has 0 aromatic heterocycles. The summed E-state index contributed by atoms with van der Waals surface area (Å²) in [6.45, 7) is 1.51. The highest BCUT2D eigenvalue weighted by Gasteiger charge is 2.05. The molecule has 0 aliphatic carbocycles. The Hall–Kier alpha value is -2.36. The number of nitrogens with one attached hydrogen (secondary N) is 1. The number of halogens is 2. The lowest BCUT2D eigenvalue weighted by Gasteiger charge is -2.14. The third kappa shape index (κ3) is 5.32. The Bertz CT molecular complexity index is 840. The molecule has 0 saturated carbocycles. The summed E-state index contributed by atoms with van der Waals surface area (Å²) in [4.78, 5) is 0. The zero-order valence-corrected chi connectivity index (χ0v) is 15.6. The van der Waals surface area contributed by atoms with Crippen LogP contribution in [0.2, 0.25) is 10.0 Å². The van der Waals surface area contributed by atoms with E-state index in [2.05, 4.69) is 5.32 Å². The first-order valence-corrected chi connectivity index (χ1v) is 9.05. The van der Waals surface area contributed by atoms with E-state index < -0.39 is 0 Å². The fourth-order valence-corrected chi connectivity index (χ4v) is 2.90. The molecule has 0 spiro atoms. The maximum absolute atomic E-state index is 6.22. The number of hydrogen-bond donors (Lipinski definition) is 1. The average Bonchev–Trinajstić information content (AvgIpc) is 2.66. The van der Waals surface area contributed by atoms with Crippen LogP contribution in [0, 0.1) is 0 Å². The molecule has 0 bridgehead atoms. The molecule has 0 aliphatic rings. The normalized spacial score (nSPS) is 10.4. The lowest BCUT2D eigenvalue weighted by molar-refractivity contribution is 0.218. The Morgan fingerprint density at radius 2 is 1.50 bits per heavy atom. The second-order valence-electron chi connectivity index (χ2n) is 5.60. The van der Waals surface area contributed by atoms with Gasteiger partial charge in [0, 0.05) is 16.6 Å². The highest BCUT2D eigenvalue weighted by Crippen LogP contribution is 2.26. The van der Waals surface area contributed by atoms with E-state index in [0.29, 0.717) is 29.8 Å². The van der Waals surface area contributed by atoms with Gasteiger partial charge in [0.1, 0.15) is 24.7 Å². The van der Waals surface area contributed by atoms with Crippen LogP contribution in [0.4, 0.5) is 5.69 Å². The third-order valence-electron chi connectivity index (χ3n) is 3.72. The van der Waals surface area contributed by atoms with Crippen LogP contribution >= 0.6 is 23.2 Å². The van der Waals surface area contributed by atoms with Crippen LogP contribution in [0.25, 0.3) is 0 Å². The van der Waals surface area contributed by atoms with Gasteiger partial charge in [0.25, 0.3) is 0 Å². The average molecular weight is 388 g/mol. The molecule has 3 nitrogen and oxygen atoms in total. The molecule has 134 valence electrons. The zero-order valence-electron chi connectivity index (χ0n) is 14.1. The van der Waals surface area contributed by atoms with Crippen molar-refractivity contribution in [3.8, 4) is 11.5 Å². The summed E-state index contributed by atoms with van der Waals surface area (Å²) in [7, 11) is 0. The first-order chi connectivity index (χ1) is 12.7. The van der Waals surface area contributed by atoms with Crippen LogP contribution in [0.15, 0.2) is 72.8 Å². The minimum Gasteiger partial charge on any atom is -0.490 e. The molecule has 1 N–H and O–H groups in total. The van der Waals surface area contributed by atoms with E-state index in [9.17, 15) is 0 Å². The molecule has 3 aromatic carbocycles. The van der Waals surface area contributed by atoms with Crippen LogP contribution in [-0.4, -0.2) is 13.2 Å². The van der Waals surface area contributed by atoms with E-state index in [1.165, 1.54) is 0 Å². The molecule has 3 rings (SSSR count). The number of anilines is 1. The van der Waals surface area contributed by atoms with Crippen molar-refractivity contribution in [2.45, 2.75) is 6.54 Å². The Morgan fingerprint density at radius 1 is 0.769 bits per heavy atom. The van der Waals surface area contributed by atoms with Crippen molar-refractivity contribution in [1.29, 1.82) is 0 Å². The molecular formula is C21H19Cl2NO2. The number of ether oxygens (including phenoxy) is 2. The highest BCUT2D eigenvalue weighted by atomic mass is 35.5. The summed E-state index contributed by atoms with van der Waals surface area (Å²) in [5, 5.41) is 4.62. The zero-order chi connectivity index (χ0) is 18.2. The standard InChI is InChI=1S/C21H19Cl2NO2/c22-17-11-10-16(19(23)14-17)15-24-20-8-4-5-9-21(20)26-13-12-25-18-6-2-1-3-7-18/h1-11,14,24H,12-13,15H2. The van der Waals surface area contributed by atoms with E-state index in [1.54, 1.807) is 6.07 Å². The van der Waals surface area contributed by atoms with Gasteiger partial charge in [-0.05, 0) is 42.0 Å². The van der Waals surface area contributed by atoms with Gasteiger partial charge in [-0.1, -0.05) is 59.6 Å². The van der Waals surface area contributed by atoms with Crippen molar-refractivity contribution < 1.29 is 9.47 Å². The summed E-state index contributed by atoms with van der Waals surface area (Å²) < 4.78 is 11.5. The molecule has 0 radical (unpaired) electrons. The van der Waals surface area contributed by atoms with Crippen LogP contribution < -0.4 is 14.8 Å². The van der Waals surface area contributed by atoms with Crippen molar-refractivity contribution in [2.75, 3.05) is 18.5 Å². The van der Waals surface area contributed by atoms with Crippen LogP contribution in [0.1, 0.15) is 5.56 Å². The van der Waals surface area contributed by atoms with E-state index >= 15 is 0 Å². The Morgan fingerprint density at radius 3 is 2.31 bits per heavy atom. The van der Waals surface area contributed by atoms with Crippen LogP contribution in [-0.2, 0) is 6.54 Å². The summed E-state index contributed by atoms with van der Waals surface area (Å²) >= 11 is 12.2. The van der Waals surface area contributed by atoms with Gasteiger partial charge in [0.2, 0.25) is 0 Å². The highest BCUT2D eigenvalue weighted by molar-refractivity contribution is 6.35. The van der Waals surface area contributed by atoms with E-state index in [-0.39, 0.29) is 0 Å². The second kappa shape index (κ2) is 9.37. The fraction of sp³-hybridized carbons (Fsp3) is 0.143. The molecule has 0 heterocycles. The molecule has 0 fully saturated rings. The maximum atomic E-state index is 6.22. The van der Waals surface area contributed by atoms with Crippen molar-refractivity contribution in [3.05, 3.63) is 88.4 Å². The maximum Gasteiger partial charge on any atom is 0.142 e. The van der Waals surface area contributed by atoms with Crippen LogP contribution in [0.3, 0.4) is 0 Å². The Labute approximate surface area is 163 Å². The molecule has 5 heteroatoms. The van der Waals surface area contributed by atoms with E-state index in [0.717, 1.165) is 22.7 Å². The monoisotopic (exact) mass is 387 g/mol. The van der Waals surface area contributed by atoms with Gasteiger partial charge in [0.05, 0.1) is 5.69 Å². The predicted molar refractivity (Wildman–Crippen MR) is 108 cm³/mol. The SMILES string of the molecule is Clc1ccc(CNc2ccccc2OCCOc2ccccc2)c(Cl)c1. The van der Waals surface area contributed by atoms with Gasteiger partial charge in [-0.15, -0.1) is 0 Å². The topological polar surface area (TPSA) is 30.5 Å². The lowest BCUT2D eigenvalue weighted by atomic mass is 10.2. The molecule has 0 aliphatic heterocycles. The lowest BCUT2D eigenvalue weighted by Crippen LogP contribution is -2.10. The van der Waals surface area contributed by atoms with E-state index in [1.807, 2.05) is 66.7 Å². The molecule has 3 aromatic rings. The molecular weight excluding hydrogens is 369 g/mol. The molecule has 0 saturated heterocycles. The number of rotatable bonds is 8. The Kier molecular flexibility index (Phi) is 6.64. The Balaban J connectivity index is 1.54. The van der Waals surface area contributed by atoms with Crippen molar-refractivity contribution in [3.63, 3.8) is 0 Å². The summed E-state index contributed by atoms with van der Waals surface area (Å²) in [6.07, 6.45) is 0. The number of hydrogen-bond acceptors (Lipinski definition) is 3. The summed E-state index contributed by atoms with van der Waals surface area (Å²) in [5.74, 6) is 1.61. The molecule has 0 atom stereocenters.